The van der Waals surface area contributed by atoms with E-state index in [4.69, 9.17) is 10.2 Å². The van der Waals surface area contributed by atoms with Gasteiger partial charge in [0.05, 0.1) is 0 Å². The summed E-state index contributed by atoms with van der Waals surface area (Å²) in [4.78, 5) is 43.5. The minimum atomic E-state index is -1.67. The highest BCUT2D eigenvalue weighted by Crippen LogP contribution is 2.22. The second kappa shape index (κ2) is 4.17. The third kappa shape index (κ3) is 2.10. The fourth-order valence-corrected chi connectivity index (χ4v) is 1.46. The van der Waals surface area contributed by atoms with Gasteiger partial charge in [-0.3, -0.25) is 9.59 Å². The van der Waals surface area contributed by atoms with Gasteiger partial charge in [-0.25, -0.2) is 14.5 Å². The minimum absolute atomic E-state index is 0.163. The van der Waals surface area contributed by atoms with Crippen molar-refractivity contribution in [2.24, 2.45) is 0 Å². The highest BCUT2D eigenvalue weighted by Gasteiger charge is 2.48. The van der Waals surface area contributed by atoms with Crippen LogP contribution in [0.1, 0.15) is 13.3 Å². The smallest absolute Gasteiger partial charge is 0.414 e. The third-order valence-corrected chi connectivity index (χ3v) is 2.06. The lowest BCUT2D eigenvalue weighted by Gasteiger charge is -2.14. The van der Waals surface area contributed by atoms with Crippen LogP contribution in [-0.4, -0.2) is 51.2 Å². The Balaban J connectivity index is 2.91. The van der Waals surface area contributed by atoms with Crippen molar-refractivity contribution in [3.63, 3.8) is 0 Å². The molecule has 0 unspecified atom stereocenters. The number of carbonyl (C=O) groups is 4. The molecular weight excluding hydrogens is 222 g/mol. The lowest BCUT2D eigenvalue weighted by Crippen LogP contribution is -2.43. The fourth-order valence-electron chi connectivity index (χ4n) is 1.46. The number of esters is 1. The van der Waals surface area contributed by atoms with E-state index >= 15 is 0 Å². The number of carboxylic acid groups (broad SMARTS) is 2. The number of nitrogens with zero attached hydrogens (tertiary/aromatic N) is 1. The van der Waals surface area contributed by atoms with Crippen LogP contribution < -0.4 is 0 Å². The first-order chi connectivity index (χ1) is 7.34. The summed E-state index contributed by atoms with van der Waals surface area (Å²) in [6, 6.07) is -1.51. The van der Waals surface area contributed by atoms with Crippen molar-refractivity contribution >= 4 is 23.9 Å². The van der Waals surface area contributed by atoms with Gasteiger partial charge in [-0.2, -0.15) is 0 Å². The molecule has 2 N–H and O–H groups in total. The van der Waals surface area contributed by atoms with Crippen LogP contribution in [0.5, 0.6) is 0 Å². The summed E-state index contributed by atoms with van der Waals surface area (Å²) in [6.07, 6.45) is -3.37. The van der Waals surface area contributed by atoms with Crippen LogP contribution in [0.15, 0.2) is 0 Å². The van der Waals surface area contributed by atoms with E-state index in [1.54, 1.807) is 0 Å². The largest absolute Gasteiger partial charge is 0.480 e. The molecule has 88 valence electrons. The molecule has 0 aromatic carbocycles. The van der Waals surface area contributed by atoms with Gasteiger partial charge >= 0.3 is 18.0 Å². The zero-order valence-electron chi connectivity index (χ0n) is 8.24. The molecule has 0 aromatic heterocycles. The summed E-state index contributed by atoms with van der Waals surface area (Å²) < 4.78 is 4.53. The number of aliphatic carboxylic acids is 1. The number of carbonyl (C=O) groups excluding carboxylic acids is 2. The van der Waals surface area contributed by atoms with Gasteiger partial charge < -0.3 is 14.9 Å². The van der Waals surface area contributed by atoms with Crippen molar-refractivity contribution in [2.45, 2.75) is 25.5 Å². The Morgan fingerprint density at radius 1 is 1.38 bits per heavy atom. The lowest BCUT2D eigenvalue weighted by molar-refractivity contribution is -0.153. The Bertz CT molecular complexity index is 363. The van der Waals surface area contributed by atoms with E-state index in [2.05, 4.69) is 4.74 Å². The van der Waals surface area contributed by atoms with E-state index in [1.165, 1.54) is 0 Å². The van der Waals surface area contributed by atoms with Gasteiger partial charge in [0.15, 0.2) is 6.10 Å². The number of imide groups is 1. The number of rotatable bonds is 2. The topological polar surface area (TPSA) is 121 Å². The molecule has 0 spiro atoms. The molecule has 1 aliphatic heterocycles. The Labute approximate surface area is 89.4 Å². The van der Waals surface area contributed by atoms with Gasteiger partial charge in [0.2, 0.25) is 0 Å². The second-order valence-corrected chi connectivity index (χ2v) is 3.18. The number of amides is 2. The van der Waals surface area contributed by atoms with E-state index in [-0.39, 0.29) is 11.3 Å². The molecule has 1 fully saturated rings. The zero-order valence-corrected chi connectivity index (χ0v) is 8.24. The third-order valence-electron chi connectivity index (χ3n) is 2.06. The Morgan fingerprint density at radius 3 is 2.25 bits per heavy atom. The second-order valence-electron chi connectivity index (χ2n) is 3.18. The quantitative estimate of drug-likeness (QED) is 0.601. The van der Waals surface area contributed by atoms with E-state index < -0.39 is 36.1 Å². The van der Waals surface area contributed by atoms with Crippen molar-refractivity contribution in [1.29, 1.82) is 0 Å². The average Bonchev–Trinajstić information content (AvgIpc) is 2.43. The van der Waals surface area contributed by atoms with Crippen molar-refractivity contribution in [1.82, 2.24) is 4.90 Å². The number of ether oxygens (including phenoxy) is 1. The van der Waals surface area contributed by atoms with Gasteiger partial charge in [0.25, 0.3) is 5.91 Å². The number of hydrogen-bond donors (Lipinski definition) is 2. The zero-order chi connectivity index (χ0) is 12.5. The number of carboxylic acids is 1. The molecule has 0 radical (unpaired) electrons. The summed E-state index contributed by atoms with van der Waals surface area (Å²) in [5, 5.41) is 17.4. The van der Waals surface area contributed by atoms with Crippen LogP contribution in [0.4, 0.5) is 4.79 Å². The molecule has 2 amide bonds. The van der Waals surface area contributed by atoms with E-state index in [0.717, 1.165) is 6.92 Å². The van der Waals surface area contributed by atoms with Crippen LogP contribution in [0.3, 0.4) is 0 Å². The summed E-state index contributed by atoms with van der Waals surface area (Å²) in [5.74, 6) is -3.25. The summed E-state index contributed by atoms with van der Waals surface area (Å²) in [6.45, 7) is 1.05. The molecule has 1 rings (SSSR count). The summed E-state index contributed by atoms with van der Waals surface area (Å²) in [5.41, 5.74) is 0. The average molecular weight is 231 g/mol. The van der Waals surface area contributed by atoms with Crippen molar-refractivity contribution in [2.75, 3.05) is 0 Å². The van der Waals surface area contributed by atoms with Crippen LogP contribution >= 0.6 is 0 Å². The molecule has 0 bridgehead atoms. The molecule has 1 saturated heterocycles. The van der Waals surface area contributed by atoms with Crippen LogP contribution in [0.2, 0.25) is 0 Å². The molecule has 16 heavy (non-hydrogen) atoms. The standard InChI is InChI=1S/C8H9NO7/c1-3(10)16-5-2-4(7(12)13)9(6(5)11)8(14)15/h4-5H,2H2,1H3,(H,12,13)(H,14,15)/t4-,5-/m0/s1. The normalized spacial score (nSPS) is 24.3. The van der Waals surface area contributed by atoms with Gasteiger partial charge in [-0.1, -0.05) is 0 Å². The molecule has 1 heterocycles. The molecule has 0 saturated carbocycles. The van der Waals surface area contributed by atoms with Crippen LogP contribution in [0, 0.1) is 0 Å². The van der Waals surface area contributed by atoms with Crippen molar-refractivity contribution < 1.29 is 34.1 Å². The predicted molar refractivity (Wildman–Crippen MR) is 46.5 cm³/mol. The molecule has 1 aliphatic rings. The first-order valence-corrected chi connectivity index (χ1v) is 4.30. The molecule has 0 aromatic rings. The fraction of sp³-hybridized carbons (Fsp3) is 0.500. The number of hydrogen-bond acceptors (Lipinski definition) is 5. The summed E-state index contributed by atoms with van der Waals surface area (Å²) in [7, 11) is 0. The molecule has 0 aliphatic carbocycles. The highest BCUT2D eigenvalue weighted by molar-refractivity contribution is 6.01. The Morgan fingerprint density at radius 2 is 1.94 bits per heavy atom. The van der Waals surface area contributed by atoms with Crippen LogP contribution in [-0.2, 0) is 19.1 Å². The number of likely N-dealkylation sites (tertiary alicyclic amines) is 1. The maximum absolute atomic E-state index is 11.4. The summed E-state index contributed by atoms with van der Waals surface area (Å²) >= 11 is 0. The first-order valence-electron chi connectivity index (χ1n) is 4.30. The van der Waals surface area contributed by atoms with Crippen LogP contribution in [0.25, 0.3) is 0 Å². The minimum Gasteiger partial charge on any atom is -0.480 e. The van der Waals surface area contributed by atoms with E-state index in [0.29, 0.717) is 0 Å². The van der Waals surface area contributed by atoms with Crippen molar-refractivity contribution in [3.8, 4) is 0 Å². The SMILES string of the molecule is CC(=O)O[C@H]1C[C@@H](C(=O)O)N(C(=O)O)C1=O. The van der Waals surface area contributed by atoms with E-state index in [1.807, 2.05) is 0 Å². The molecule has 8 heteroatoms. The van der Waals surface area contributed by atoms with Crippen molar-refractivity contribution in [3.05, 3.63) is 0 Å². The first kappa shape index (κ1) is 12.0. The predicted octanol–water partition coefficient (Wildman–Crippen LogP) is -0.718. The van der Waals surface area contributed by atoms with Gasteiger partial charge in [0.1, 0.15) is 6.04 Å². The van der Waals surface area contributed by atoms with E-state index in [9.17, 15) is 19.2 Å². The lowest BCUT2D eigenvalue weighted by atomic mass is 10.2. The molecule has 8 nitrogen and oxygen atoms in total. The molecular formula is C8H9NO7. The Hall–Kier alpha value is -2.12. The maximum atomic E-state index is 11.4. The highest BCUT2D eigenvalue weighted by atomic mass is 16.5. The Kier molecular flexibility index (Phi) is 3.11. The maximum Gasteiger partial charge on any atom is 0.414 e. The molecule has 2 atom stereocenters. The van der Waals surface area contributed by atoms with Gasteiger partial charge in [-0.15, -0.1) is 0 Å². The monoisotopic (exact) mass is 231 g/mol. The van der Waals surface area contributed by atoms with Gasteiger partial charge in [0, 0.05) is 13.3 Å². The van der Waals surface area contributed by atoms with Gasteiger partial charge in [-0.05, 0) is 0 Å².